The van der Waals surface area contributed by atoms with Crippen LogP contribution in [-0.4, -0.2) is 32.8 Å². The van der Waals surface area contributed by atoms with Crippen LogP contribution in [0.5, 0.6) is 11.6 Å². The molecule has 1 aliphatic carbocycles. The lowest BCUT2D eigenvalue weighted by atomic mass is 9.81. The van der Waals surface area contributed by atoms with E-state index >= 15 is 0 Å². The molecule has 0 radical (unpaired) electrons. The molecule has 212 valence electrons. The van der Waals surface area contributed by atoms with Gasteiger partial charge >= 0.3 is 0 Å². The summed E-state index contributed by atoms with van der Waals surface area (Å²) in [6.45, 7) is 1.41. The number of methoxy groups -OCH3 is 1. The maximum Gasteiger partial charge on any atom is 0.234 e. The van der Waals surface area contributed by atoms with Crippen LogP contribution < -0.4 is 14.4 Å². The number of hydrogen-bond acceptors (Lipinski definition) is 6. The molecule has 8 heteroatoms. The standard InChI is InChI=1S/C34H33N5O3/c1-41-33-17-16-28(20-36-33)39(22-26-19-37-38(21-26)23-27-11-5-6-18-35-27)34(40)31-14-7-13-30-29(31)12-8-15-32(30)42-24-25-9-3-2-4-10-25/h2-6,8-12,15-21,31H,7,13-14,22-24H2,1H3. The molecule has 0 N–H and O–H groups in total. The van der Waals surface area contributed by atoms with Gasteiger partial charge in [0, 0.05) is 24.0 Å². The smallest absolute Gasteiger partial charge is 0.234 e. The van der Waals surface area contributed by atoms with Crippen molar-refractivity contribution >= 4 is 11.6 Å². The molecule has 0 aliphatic heterocycles. The third-order valence-corrected chi connectivity index (χ3v) is 7.58. The Hall–Kier alpha value is -4.98. The van der Waals surface area contributed by atoms with E-state index in [0.717, 1.165) is 53.0 Å². The second-order valence-corrected chi connectivity index (χ2v) is 10.4. The molecule has 1 amide bonds. The van der Waals surface area contributed by atoms with Gasteiger partial charge in [-0.05, 0) is 60.2 Å². The average Bonchev–Trinajstić information content (AvgIpc) is 3.49. The number of hydrogen-bond donors (Lipinski definition) is 0. The fourth-order valence-electron chi connectivity index (χ4n) is 5.49. The highest BCUT2D eigenvalue weighted by Gasteiger charge is 2.32. The van der Waals surface area contributed by atoms with Crippen molar-refractivity contribution in [3.63, 3.8) is 0 Å². The molecule has 6 rings (SSSR count). The topological polar surface area (TPSA) is 82.4 Å². The van der Waals surface area contributed by atoms with Gasteiger partial charge < -0.3 is 14.4 Å². The Labute approximate surface area is 245 Å². The first-order chi connectivity index (χ1) is 20.7. The van der Waals surface area contributed by atoms with E-state index in [1.165, 1.54) is 0 Å². The van der Waals surface area contributed by atoms with E-state index in [2.05, 4.69) is 33.3 Å². The Morgan fingerprint density at radius 1 is 0.952 bits per heavy atom. The molecule has 1 unspecified atom stereocenters. The van der Waals surface area contributed by atoms with Gasteiger partial charge in [-0.2, -0.15) is 5.10 Å². The first-order valence-corrected chi connectivity index (χ1v) is 14.2. The number of fused-ring (bicyclic) bond motifs is 1. The number of anilines is 1. The molecule has 0 saturated carbocycles. The van der Waals surface area contributed by atoms with Crippen LogP contribution in [0.3, 0.4) is 0 Å². The monoisotopic (exact) mass is 559 g/mol. The summed E-state index contributed by atoms with van der Waals surface area (Å²) < 4.78 is 13.4. The highest BCUT2D eigenvalue weighted by molar-refractivity contribution is 5.98. The normalized spacial score (nSPS) is 14.2. The summed E-state index contributed by atoms with van der Waals surface area (Å²) in [7, 11) is 1.58. The van der Waals surface area contributed by atoms with Crippen LogP contribution >= 0.6 is 0 Å². The van der Waals surface area contributed by atoms with Crippen molar-refractivity contribution in [1.82, 2.24) is 19.7 Å². The zero-order valence-electron chi connectivity index (χ0n) is 23.6. The van der Waals surface area contributed by atoms with E-state index in [-0.39, 0.29) is 11.8 Å². The summed E-state index contributed by atoms with van der Waals surface area (Å²) in [6, 6.07) is 25.7. The lowest BCUT2D eigenvalue weighted by Crippen LogP contribution is -2.36. The van der Waals surface area contributed by atoms with Crippen molar-refractivity contribution in [3.8, 4) is 11.6 Å². The summed E-state index contributed by atoms with van der Waals surface area (Å²) in [6.07, 6.45) is 9.81. The van der Waals surface area contributed by atoms with Crippen LogP contribution in [0.4, 0.5) is 5.69 Å². The number of carbonyl (C=O) groups excluding carboxylic acids is 1. The molecule has 1 atom stereocenters. The molecule has 0 saturated heterocycles. The predicted octanol–water partition coefficient (Wildman–Crippen LogP) is 5.96. The molecule has 0 fully saturated rings. The molecule has 8 nitrogen and oxygen atoms in total. The minimum atomic E-state index is -0.292. The molecule has 1 aliphatic rings. The number of nitrogens with zero attached hydrogens (tertiary/aromatic N) is 5. The van der Waals surface area contributed by atoms with Gasteiger partial charge in [-0.3, -0.25) is 14.5 Å². The van der Waals surface area contributed by atoms with Gasteiger partial charge in [-0.15, -0.1) is 0 Å². The van der Waals surface area contributed by atoms with E-state index in [1.807, 2.05) is 76.6 Å². The predicted molar refractivity (Wildman–Crippen MR) is 160 cm³/mol. The van der Waals surface area contributed by atoms with E-state index in [0.29, 0.717) is 31.3 Å². The van der Waals surface area contributed by atoms with Crippen molar-refractivity contribution in [2.75, 3.05) is 12.0 Å². The summed E-state index contributed by atoms with van der Waals surface area (Å²) in [5, 5.41) is 4.54. The van der Waals surface area contributed by atoms with Gasteiger partial charge in [-0.1, -0.05) is 48.5 Å². The third kappa shape index (κ3) is 6.17. The second-order valence-electron chi connectivity index (χ2n) is 10.4. The second kappa shape index (κ2) is 12.7. The molecular weight excluding hydrogens is 526 g/mol. The molecule has 0 bridgehead atoms. The first kappa shape index (κ1) is 27.2. The van der Waals surface area contributed by atoms with Gasteiger partial charge in [0.05, 0.1) is 49.9 Å². The molecule has 5 aromatic rings. The fraction of sp³-hybridized carbons (Fsp3) is 0.235. The highest BCUT2D eigenvalue weighted by Crippen LogP contribution is 2.39. The molecule has 3 heterocycles. The minimum absolute atomic E-state index is 0.0283. The lowest BCUT2D eigenvalue weighted by molar-refractivity contribution is -0.120. The van der Waals surface area contributed by atoms with Gasteiger partial charge in [-0.25, -0.2) is 4.98 Å². The number of carbonyl (C=O) groups is 1. The Morgan fingerprint density at radius 2 is 1.83 bits per heavy atom. The van der Waals surface area contributed by atoms with E-state index < -0.39 is 0 Å². The maximum atomic E-state index is 14.4. The number of aromatic nitrogens is 4. The summed E-state index contributed by atoms with van der Waals surface area (Å²) >= 11 is 0. The van der Waals surface area contributed by atoms with Crippen LogP contribution in [0.2, 0.25) is 0 Å². The van der Waals surface area contributed by atoms with Crippen molar-refractivity contribution in [2.45, 2.75) is 44.9 Å². The number of amides is 1. The van der Waals surface area contributed by atoms with Crippen LogP contribution in [0.25, 0.3) is 0 Å². The molecular formula is C34H33N5O3. The van der Waals surface area contributed by atoms with Gasteiger partial charge in [0.1, 0.15) is 12.4 Å². The number of rotatable bonds is 10. The molecule has 3 aromatic heterocycles. The van der Waals surface area contributed by atoms with Crippen LogP contribution in [0, 0.1) is 0 Å². The van der Waals surface area contributed by atoms with Crippen molar-refractivity contribution in [2.24, 2.45) is 0 Å². The number of ether oxygens (including phenoxy) is 2. The minimum Gasteiger partial charge on any atom is -0.489 e. The summed E-state index contributed by atoms with van der Waals surface area (Å²) in [4.78, 5) is 25.0. The van der Waals surface area contributed by atoms with Gasteiger partial charge in [0.25, 0.3) is 0 Å². The van der Waals surface area contributed by atoms with Crippen LogP contribution in [-0.2, 0) is 30.9 Å². The Morgan fingerprint density at radius 3 is 2.62 bits per heavy atom. The Bertz CT molecular complexity index is 1620. The largest absolute Gasteiger partial charge is 0.489 e. The SMILES string of the molecule is COc1ccc(N(Cc2cnn(Cc3ccccn3)c2)C(=O)C2CCCc3c(OCc4ccccc4)cccc32)cn1. The van der Waals surface area contributed by atoms with Crippen LogP contribution in [0.15, 0.2) is 104 Å². The van der Waals surface area contributed by atoms with E-state index in [4.69, 9.17) is 9.47 Å². The zero-order valence-corrected chi connectivity index (χ0v) is 23.6. The first-order valence-electron chi connectivity index (χ1n) is 14.2. The quantitative estimate of drug-likeness (QED) is 0.210. The molecule has 0 spiro atoms. The molecule has 2 aromatic carbocycles. The lowest BCUT2D eigenvalue weighted by Gasteiger charge is -2.31. The highest BCUT2D eigenvalue weighted by atomic mass is 16.5. The van der Waals surface area contributed by atoms with Crippen LogP contribution in [0.1, 0.15) is 46.7 Å². The Balaban J connectivity index is 1.27. The van der Waals surface area contributed by atoms with Crippen molar-refractivity contribution in [3.05, 3.63) is 132 Å². The fourth-order valence-corrected chi connectivity index (χ4v) is 5.49. The summed E-state index contributed by atoms with van der Waals surface area (Å²) in [5.74, 6) is 1.08. The average molecular weight is 560 g/mol. The van der Waals surface area contributed by atoms with E-state index in [9.17, 15) is 4.79 Å². The summed E-state index contributed by atoms with van der Waals surface area (Å²) in [5.41, 5.74) is 5.82. The van der Waals surface area contributed by atoms with E-state index in [1.54, 1.807) is 25.6 Å². The van der Waals surface area contributed by atoms with Gasteiger partial charge in [0.2, 0.25) is 11.8 Å². The number of benzene rings is 2. The number of pyridine rings is 2. The maximum absolute atomic E-state index is 14.4. The van der Waals surface area contributed by atoms with Crippen molar-refractivity contribution in [1.29, 1.82) is 0 Å². The molecule has 42 heavy (non-hydrogen) atoms. The zero-order chi connectivity index (χ0) is 28.7. The van der Waals surface area contributed by atoms with Crippen molar-refractivity contribution < 1.29 is 14.3 Å². The van der Waals surface area contributed by atoms with Gasteiger partial charge in [0.15, 0.2) is 0 Å². The third-order valence-electron chi connectivity index (χ3n) is 7.58. The Kier molecular flexibility index (Phi) is 8.21.